The number of hydrazone groups is 1. The Morgan fingerprint density at radius 1 is 1.56 bits per heavy atom. The van der Waals surface area contributed by atoms with E-state index in [0.717, 1.165) is 11.3 Å². The largest absolute Gasteiger partial charge is 0.374 e. The minimum absolute atomic E-state index is 0.195. The molecule has 1 aromatic rings. The second-order valence-corrected chi connectivity index (χ2v) is 3.70. The lowest BCUT2D eigenvalue weighted by Crippen LogP contribution is -2.25. The molecule has 0 aromatic heterocycles. The van der Waals surface area contributed by atoms with Crippen molar-refractivity contribution >= 4 is 17.9 Å². The Labute approximate surface area is 106 Å². The van der Waals surface area contributed by atoms with Crippen molar-refractivity contribution in [2.75, 3.05) is 18.5 Å². The van der Waals surface area contributed by atoms with Crippen LogP contribution in [0.15, 0.2) is 29.4 Å². The van der Waals surface area contributed by atoms with Gasteiger partial charge >= 0.3 is 0 Å². The summed E-state index contributed by atoms with van der Waals surface area (Å²) in [7, 11) is 1.94. The van der Waals surface area contributed by atoms with Crippen molar-refractivity contribution in [3.05, 3.63) is 29.8 Å². The van der Waals surface area contributed by atoms with Crippen molar-refractivity contribution in [2.24, 2.45) is 10.8 Å². The average molecular weight is 244 g/mol. The zero-order chi connectivity index (χ0) is 13.4. The summed E-state index contributed by atoms with van der Waals surface area (Å²) < 4.78 is 0. The highest BCUT2D eigenvalue weighted by Gasteiger charge is 1.99. The summed E-state index contributed by atoms with van der Waals surface area (Å²) in [4.78, 5) is 2.01. The molecule has 94 valence electrons. The van der Waals surface area contributed by atoms with E-state index in [2.05, 4.69) is 16.6 Å². The highest BCUT2D eigenvalue weighted by molar-refractivity contribution is 5.82. The molecule has 0 amide bonds. The smallest absolute Gasteiger partial charge is 0.206 e. The zero-order valence-electron chi connectivity index (χ0n) is 10.2. The molecule has 0 bridgehead atoms. The molecule has 0 atom stereocenters. The van der Waals surface area contributed by atoms with Gasteiger partial charge in [0.2, 0.25) is 5.96 Å². The number of anilines is 1. The molecule has 0 radical (unpaired) electrons. The molecular weight excluding hydrogens is 228 g/mol. The quantitative estimate of drug-likeness (QED) is 0.406. The van der Waals surface area contributed by atoms with Crippen molar-refractivity contribution in [2.45, 2.75) is 6.42 Å². The van der Waals surface area contributed by atoms with Gasteiger partial charge in [0, 0.05) is 19.3 Å². The lowest BCUT2D eigenvalue weighted by atomic mass is 10.2. The SMILES string of the molecule is CN(CCC#N)c1ccc(C=NNC(=N)N)cc1. The second kappa shape index (κ2) is 6.91. The zero-order valence-corrected chi connectivity index (χ0v) is 10.2. The summed E-state index contributed by atoms with van der Waals surface area (Å²) in [5.41, 5.74) is 9.38. The van der Waals surface area contributed by atoms with Crippen LogP contribution in [0.4, 0.5) is 5.69 Å². The standard InChI is InChI=1S/C12H16N6/c1-18(8-2-7-13)11-5-3-10(4-6-11)9-16-17-12(14)15/h3-6,9H,2,8H2,1H3,(H4,14,15,17). The second-order valence-electron chi connectivity index (χ2n) is 3.70. The fourth-order valence-corrected chi connectivity index (χ4v) is 1.34. The van der Waals surface area contributed by atoms with Crippen LogP contribution >= 0.6 is 0 Å². The number of hydrogen-bond acceptors (Lipinski definition) is 4. The molecule has 0 spiro atoms. The van der Waals surface area contributed by atoms with Gasteiger partial charge in [-0.2, -0.15) is 10.4 Å². The Kier molecular flexibility index (Phi) is 5.19. The molecule has 0 saturated carbocycles. The molecule has 1 aromatic carbocycles. The van der Waals surface area contributed by atoms with E-state index in [0.29, 0.717) is 13.0 Å². The first kappa shape index (κ1) is 13.5. The van der Waals surface area contributed by atoms with Gasteiger partial charge in [-0.3, -0.25) is 5.41 Å². The summed E-state index contributed by atoms with van der Waals surface area (Å²) in [6.07, 6.45) is 2.09. The predicted octanol–water partition coefficient (Wildman–Crippen LogP) is 0.853. The molecule has 0 aliphatic carbocycles. The maximum atomic E-state index is 8.52. The maximum absolute atomic E-state index is 8.52. The van der Waals surface area contributed by atoms with Crippen LogP contribution in [0.25, 0.3) is 0 Å². The van der Waals surface area contributed by atoms with Crippen LogP contribution in [0.1, 0.15) is 12.0 Å². The van der Waals surface area contributed by atoms with Crippen LogP contribution in [0.3, 0.4) is 0 Å². The molecule has 4 N–H and O–H groups in total. The van der Waals surface area contributed by atoms with E-state index in [1.54, 1.807) is 6.21 Å². The average Bonchev–Trinajstić information content (AvgIpc) is 2.36. The van der Waals surface area contributed by atoms with Gasteiger partial charge in [-0.25, -0.2) is 5.43 Å². The van der Waals surface area contributed by atoms with Crippen molar-refractivity contribution in [1.29, 1.82) is 10.7 Å². The van der Waals surface area contributed by atoms with Gasteiger partial charge in [0.1, 0.15) is 0 Å². The molecule has 6 nitrogen and oxygen atoms in total. The molecule has 0 saturated heterocycles. The molecule has 0 unspecified atom stereocenters. The monoisotopic (exact) mass is 244 g/mol. The van der Waals surface area contributed by atoms with E-state index < -0.39 is 0 Å². The van der Waals surface area contributed by atoms with Gasteiger partial charge in [0.15, 0.2) is 0 Å². The van der Waals surface area contributed by atoms with Crippen LogP contribution < -0.4 is 16.1 Å². The molecule has 0 aliphatic rings. The summed E-state index contributed by atoms with van der Waals surface area (Å²) >= 11 is 0. The summed E-state index contributed by atoms with van der Waals surface area (Å²) in [6, 6.07) is 9.83. The van der Waals surface area contributed by atoms with E-state index in [1.165, 1.54) is 0 Å². The first-order chi connectivity index (χ1) is 8.63. The molecule has 0 fully saturated rings. The lowest BCUT2D eigenvalue weighted by molar-refractivity contribution is 0.905. The molecule has 1 rings (SSSR count). The molecule has 0 aliphatic heterocycles. The third-order valence-corrected chi connectivity index (χ3v) is 2.29. The Morgan fingerprint density at radius 3 is 2.78 bits per heavy atom. The van der Waals surface area contributed by atoms with Gasteiger partial charge < -0.3 is 10.6 Å². The Balaban J connectivity index is 2.60. The third kappa shape index (κ3) is 4.53. The number of hydrogen-bond donors (Lipinski definition) is 3. The minimum Gasteiger partial charge on any atom is -0.374 e. The van der Waals surface area contributed by atoms with Crippen molar-refractivity contribution < 1.29 is 0 Å². The Hall–Kier alpha value is -2.55. The Morgan fingerprint density at radius 2 is 2.22 bits per heavy atom. The number of nitrogens with two attached hydrogens (primary N) is 1. The molecule has 0 heterocycles. The fraction of sp³-hybridized carbons (Fsp3) is 0.250. The van der Waals surface area contributed by atoms with Crippen LogP contribution in [-0.2, 0) is 0 Å². The number of guanidine groups is 1. The molecular formula is C12H16N6. The molecule has 18 heavy (non-hydrogen) atoms. The van der Waals surface area contributed by atoms with E-state index >= 15 is 0 Å². The van der Waals surface area contributed by atoms with Crippen LogP contribution in [0.5, 0.6) is 0 Å². The van der Waals surface area contributed by atoms with Gasteiger partial charge in [-0.05, 0) is 17.7 Å². The number of nitrogens with one attached hydrogen (secondary N) is 2. The van der Waals surface area contributed by atoms with Crippen molar-refractivity contribution in [1.82, 2.24) is 5.43 Å². The van der Waals surface area contributed by atoms with E-state index in [1.807, 2.05) is 36.2 Å². The van der Waals surface area contributed by atoms with Crippen molar-refractivity contribution in [3.8, 4) is 6.07 Å². The van der Waals surface area contributed by atoms with Gasteiger partial charge in [0.25, 0.3) is 0 Å². The minimum atomic E-state index is -0.195. The van der Waals surface area contributed by atoms with E-state index in [9.17, 15) is 0 Å². The number of nitriles is 1. The van der Waals surface area contributed by atoms with E-state index in [4.69, 9.17) is 16.4 Å². The number of rotatable bonds is 5. The molecule has 6 heteroatoms. The summed E-state index contributed by atoms with van der Waals surface area (Å²) in [5, 5.41) is 19.2. The highest BCUT2D eigenvalue weighted by Crippen LogP contribution is 2.13. The first-order valence-corrected chi connectivity index (χ1v) is 5.44. The Bertz CT molecular complexity index is 456. The third-order valence-electron chi connectivity index (χ3n) is 2.29. The predicted molar refractivity (Wildman–Crippen MR) is 72.6 cm³/mol. The van der Waals surface area contributed by atoms with Crippen molar-refractivity contribution in [3.63, 3.8) is 0 Å². The maximum Gasteiger partial charge on any atom is 0.206 e. The topological polar surface area (TPSA) is 101 Å². The van der Waals surface area contributed by atoms with Crippen LogP contribution in [0.2, 0.25) is 0 Å². The fourth-order valence-electron chi connectivity index (χ4n) is 1.34. The number of benzene rings is 1. The van der Waals surface area contributed by atoms with E-state index in [-0.39, 0.29) is 5.96 Å². The first-order valence-electron chi connectivity index (χ1n) is 5.44. The summed E-state index contributed by atoms with van der Waals surface area (Å²) in [6.45, 7) is 0.704. The lowest BCUT2D eigenvalue weighted by Gasteiger charge is -2.17. The highest BCUT2D eigenvalue weighted by atomic mass is 15.3. The normalized spacial score (nSPS) is 10.0. The number of nitrogens with zero attached hydrogens (tertiary/aromatic N) is 3. The van der Waals surface area contributed by atoms with Crippen LogP contribution in [0, 0.1) is 16.7 Å². The van der Waals surface area contributed by atoms with Gasteiger partial charge in [0.05, 0.1) is 18.7 Å². The van der Waals surface area contributed by atoms with Gasteiger partial charge in [-0.1, -0.05) is 12.1 Å². The van der Waals surface area contributed by atoms with Gasteiger partial charge in [-0.15, -0.1) is 0 Å². The van der Waals surface area contributed by atoms with Crippen LogP contribution in [-0.4, -0.2) is 25.8 Å². The summed E-state index contributed by atoms with van der Waals surface area (Å²) in [5.74, 6) is -0.195.